The van der Waals surface area contributed by atoms with E-state index in [9.17, 15) is 9.59 Å². The zero-order valence-corrected chi connectivity index (χ0v) is 22.3. The van der Waals surface area contributed by atoms with Crippen molar-refractivity contribution in [2.24, 2.45) is 0 Å². The van der Waals surface area contributed by atoms with E-state index in [0.29, 0.717) is 23.0 Å². The first-order valence-electron chi connectivity index (χ1n) is 12.5. The largest absolute Gasteiger partial charge is 0.449 e. The number of nitrogens with one attached hydrogen (secondary N) is 1. The maximum Gasteiger partial charge on any atom is 0.294 e. The number of hydrogen-bond donors (Lipinski definition) is 1. The van der Waals surface area contributed by atoms with Crippen LogP contribution in [0.5, 0.6) is 5.75 Å². The molecule has 3 aromatic carbocycles. The van der Waals surface area contributed by atoms with Gasteiger partial charge < -0.3 is 15.0 Å². The van der Waals surface area contributed by atoms with Gasteiger partial charge in [-0.25, -0.2) is 0 Å². The Morgan fingerprint density at radius 3 is 2.42 bits per heavy atom. The molecule has 0 aromatic heterocycles. The summed E-state index contributed by atoms with van der Waals surface area (Å²) in [5.41, 5.74) is 2.43. The molecule has 2 heterocycles. The van der Waals surface area contributed by atoms with Crippen LogP contribution in [-0.2, 0) is 9.59 Å². The number of carbonyl (C=O) groups excluding carboxylic acids is 2. The monoisotopic (exact) mass is 550 g/mol. The Morgan fingerprint density at radius 2 is 1.66 bits per heavy atom. The molecular weight excluding hydrogens is 523 g/mol. The second-order valence-corrected chi connectivity index (χ2v) is 10.1. The zero-order chi connectivity index (χ0) is 26.5. The fourth-order valence-electron chi connectivity index (χ4n) is 4.62. The third-order valence-corrected chi connectivity index (χ3v) is 7.05. The molecule has 9 heteroatoms. The minimum atomic E-state index is -0.379. The van der Waals surface area contributed by atoms with Gasteiger partial charge in [-0.3, -0.25) is 19.4 Å². The average molecular weight is 551 g/mol. The predicted molar refractivity (Wildman–Crippen MR) is 152 cm³/mol. The first kappa shape index (κ1) is 26.1. The SMILES string of the molecule is O=C(CN1C(=O)C(=Cc2cccc(Cl)c2)Oc2ccccc21)NCCN1CCN(c2cccc(Cl)c2)CC1. The molecule has 2 aliphatic rings. The molecule has 1 fully saturated rings. The van der Waals surface area contributed by atoms with E-state index in [1.165, 1.54) is 4.90 Å². The molecule has 1 N–H and O–H groups in total. The Labute approximate surface area is 232 Å². The summed E-state index contributed by atoms with van der Waals surface area (Å²) in [6.07, 6.45) is 1.64. The van der Waals surface area contributed by atoms with Crippen LogP contribution >= 0.6 is 23.2 Å². The summed E-state index contributed by atoms with van der Waals surface area (Å²) in [5.74, 6) is 0.0489. The van der Waals surface area contributed by atoms with E-state index in [1.807, 2.05) is 36.4 Å². The Bertz CT molecular complexity index is 1350. The molecule has 0 spiro atoms. The van der Waals surface area contributed by atoms with Crippen LogP contribution in [0.4, 0.5) is 11.4 Å². The van der Waals surface area contributed by atoms with Crippen molar-refractivity contribution in [1.29, 1.82) is 0 Å². The molecule has 0 bridgehead atoms. The molecule has 0 aliphatic carbocycles. The van der Waals surface area contributed by atoms with E-state index >= 15 is 0 Å². The third-order valence-electron chi connectivity index (χ3n) is 6.58. The van der Waals surface area contributed by atoms with Crippen molar-refractivity contribution < 1.29 is 14.3 Å². The first-order chi connectivity index (χ1) is 18.5. The number of benzene rings is 3. The minimum Gasteiger partial charge on any atom is -0.449 e. The van der Waals surface area contributed by atoms with Gasteiger partial charge in [0.25, 0.3) is 5.91 Å². The van der Waals surface area contributed by atoms with Gasteiger partial charge >= 0.3 is 0 Å². The normalized spacial score (nSPS) is 16.8. The number of carbonyl (C=O) groups is 2. The highest BCUT2D eigenvalue weighted by atomic mass is 35.5. The number of ether oxygens (including phenoxy) is 1. The summed E-state index contributed by atoms with van der Waals surface area (Å²) in [4.78, 5) is 32.3. The van der Waals surface area contributed by atoms with Crippen LogP contribution in [0.1, 0.15) is 5.56 Å². The summed E-state index contributed by atoms with van der Waals surface area (Å²) in [7, 11) is 0. The number of anilines is 2. The van der Waals surface area contributed by atoms with Crippen molar-refractivity contribution in [3.05, 3.63) is 94.2 Å². The van der Waals surface area contributed by atoms with Crippen LogP contribution in [0, 0.1) is 0 Å². The summed E-state index contributed by atoms with van der Waals surface area (Å²) in [5, 5.41) is 4.27. The lowest BCUT2D eigenvalue weighted by atomic mass is 10.1. The van der Waals surface area contributed by atoms with Gasteiger partial charge in [0.2, 0.25) is 5.91 Å². The van der Waals surface area contributed by atoms with Gasteiger partial charge in [0.05, 0.1) is 5.69 Å². The van der Waals surface area contributed by atoms with Crippen molar-refractivity contribution in [3.63, 3.8) is 0 Å². The fourth-order valence-corrected chi connectivity index (χ4v) is 5.01. The van der Waals surface area contributed by atoms with Crippen LogP contribution in [0.3, 0.4) is 0 Å². The van der Waals surface area contributed by atoms with Gasteiger partial charge in [-0.15, -0.1) is 0 Å². The van der Waals surface area contributed by atoms with E-state index in [0.717, 1.165) is 49.0 Å². The fraction of sp³-hybridized carbons (Fsp3) is 0.241. The van der Waals surface area contributed by atoms with Crippen LogP contribution in [0.2, 0.25) is 10.0 Å². The smallest absolute Gasteiger partial charge is 0.294 e. The van der Waals surface area contributed by atoms with E-state index in [4.69, 9.17) is 27.9 Å². The molecule has 196 valence electrons. The minimum absolute atomic E-state index is 0.103. The highest BCUT2D eigenvalue weighted by Crippen LogP contribution is 2.35. The summed E-state index contributed by atoms with van der Waals surface area (Å²) >= 11 is 12.2. The van der Waals surface area contributed by atoms with E-state index in [-0.39, 0.29) is 24.1 Å². The number of nitrogens with zero attached hydrogens (tertiary/aromatic N) is 3. The number of hydrogen-bond acceptors (Lipinski definition) is 5. The van der Waals surface area contributed by atoms with Crippen molar-refractivity contribution in [3.8, 4) is 5.75 Å². The van der Waals surface area contributed by atoms with Gasteiger partial charge in [0.15, 0.2) is 11.5 Å². The Hall–Kier alpha value is -3.52. The maximum absolute atomic E-state index is 13.3. The Morgan fingerprint density at radius 1 is 0.921 bits per heavy atom. The highest BCUT2D eigenvalue weighted by Gasteiger charge is 2.31. The molecule has 0 unspecified atom stereocenters. The number of fused-ring (bicyclic) bond motifs is 1. The lowest BCUT2D eigenvalue weighted by molar-refractivity contribution is -0.123. The lowest BCUT2D eigenvalue weighted by Crippen LogP contribution is -2.49. The standard InChI is InChI=1S/C29H28Cl2N4O3/c30-22-6-3-5-21(17-22)18-27-29(37)35(25-9-1-2-10-26(25)38-27)20-28(36)32-11-12-33-13-15-34(16-14-33)24-8-4-7-23(31)19-24/h1-10,17-19H,11-16,20H2,(H,32,36). The van der Waals surface area contributed by atoms with Gasteiger partial charge in [-0.2, -0.15) is 0 Å². The zero-order valence-electron chi connectivity index (χ0n) is 20.8. The average Bonchev–Trinajstić information content (AvgIpc) is 2.91. The Kier molecular flexibility index (Phi) is 8.17. The van der Waals surface area contributed by atoms with Crippen LogP contribution in [-0.4, -0.2) is 62.5 Å². The molecule has 7 nitrogen and oxygen atoms in total. The second-order valence-electron chi connectivity index (χ2n) is 9.18. The second kappa shape index (κ2) is 11.9. The van der Waals surface area contributed by atoms with Gasteiger partial charge in [0, 0.05) is 55.0 Å². The molecule has 2 amide bonds. The van der Waals surface area contributed by atoms with Gasteiger partial charge in [-0.1, -0.05) is 53.5 Å². The summed E-state index contributed by atoms with van der Waals surface area (Å²) in [6, 6.07) is 22.2. The number of para-hydroxylation sites is 2. The van der Waals surface area contributed by atoms with Crippen molar-refractivity contribution in [2.45, 2.75) is 0 Å². The Balaban J connectivity index is 1.16. The molecule has 5 rings (SSSR count). The van der Waals surface area contributed by atoms with E-state index < -0.39 is 0 Å². The summed E-state index contributed by atoms with van der Waals surface area (Å²) in [6.45, 7) is 4.73. The van der Waals surface area contributed by atoms with E-state index in [2.05, 4.69) is 21.2 Å². The quantitative estimate of drug-likeness (QED) is 0.432. The van der Waals surface area contributed by atoms with Gasteiger partial charge in [0.1, 0.15) is 6.54 Å². The summed E-state index contributed by atoms with van der Waals surface area (Å²) < 4.78 is 5.88. The maximum atomic E-state index is 13.3. The van der Waals surface area contributed by atoms with Crippen molar-refractivity contribution in [2.75, 3.05) is 55.6 Å². The third kappa shape index (κ3) is 6.30. The first-order valence-corrected chi connectivity index (χ1v) is 13.3. The van der Waals surface area contributed by atoms with Crippen molar-refractivity contribution >= 4 is 52.5 Å². The van der Waals surface area contributed by atoms with Crippen LogP contribution in [0.15, 0.2) is 78.6 Å². The van der Waals surface area contributed by atoms with Crippen molar-refractivity contribution in [1.82, 2.24) is 10.2 Å². The molecule has 0 atom stereocenters. The highest BCUT2D eigenvalue weighted by molar-refractivity contribution is 6.31. The lowest BCUT2D eigenvalue weighted by Gasteiger charge is -2.36. The molecule has 0 saturated carbocycles. The molecular formula is C29H28Cl2N4O3. The number of amides is 2. The molecule has 38 heavy (non-hydrogen) atoms. The molecule has 2 aliphatic heterocycles. The van der Waals surface area contributed by atoms with E-state index in [1.54, 1.807) is 36.4 Å². The number of rotatable bonds is 7. The van der Waals surface area contributed by atoms with Crippen LogP contribution < -0.4 is 19.9 Å². The topological polar surface area (TPSA) is 65.1 Å². The predicted octanol–water partition coefficient (Wildman–Crippen LogP) is 4.70. The van der Waals surface area contributed by atoms with Gasteiger partial charge in [-0.05, 0) is 54.1 Å². The number of piperazine rings is 1. The molecule has 3 aromatic rings. The number of halogens is 2. The molecule has 0 radical (unpaired) electrons. The van der Waals surface area contributed by atoms with Crippen LogP contribution in [0.25, 0.3) is 6.08 Å². The molecule has 1 saturated heterocycles.